The molecule has 0 fully saturated rings. The van der Waals surface area contributed by atoms with Gasteiger partial charge in [-0.25, -0.2) is 4.79 Å². The number of fused-ring (bicyclic) bond motifs is 1. The number of carbonyl (C=O) groups is 2. The standard InChI is InChI=1S/C34H26O6/c35-33(26-7-2-1-3-8-26)27-13-17-30(18-14-27)39-21-20-38-29-15-10-24(11-16-29)22-32(34(36)37)40-31-19-12-25-6-4-5-9-28(25)23-31/h1-19,22-23H,20-21H2,(H,36,37). The van der Waals surface area contributed by atoms with E-state index >= 15 is 0 Å². The topological polar surface area (TPSA) is 82.1 Å². The molecule has 5 aromatic rings. The average Bonchev–Trinajstić information content (AvgIpc) is 3.00. The lowest BCUT2D eigenvalue weighted by molar-refractivity contribution is -0.134. The zero-order chi connectivity index (χ0) is 27.7. The predicted octanol–water partition coefficient (Wildman–Crippen LogP) is 7.03. The van der Waals surface area contributed by atoms with Crippen LogP contribution in [0.15, 0.2) is 127 Å². The second-order valence-corrected chi connectivity index (χ2v) is 8.91. The average molecular weight is 531 g/mol. The Balaban J connectivity index is 1.12. The molecule has 0 aliphatic heterocycles. The summed E-state index contributed by atoms with van der Waals surface area (Å²) in [6.45, 7) is 0.627. The van der Waals surface area contributed by atoms with Gasteiger partial charge in [0.15, 0.2) is 5.78 Å². The van der Waals surface area contributed by atoms with Gasteiger partial charge in [0.1, 0.15) is 30.5 Å². The lowest BCUT2D eigenvalue weighted by atomic mass is 10.0. The summed E-state index contributed by atoms with van der Waals surface area (Å²) in [5.74, 6) is 0.323. The molecule has 40 heavy (non-hydrogen) atoms. The molecule has 0 saturated carbocycles. The van der Waals surface area contributed by atoms with E-state index in [1.54, 1.807) is 66.7 Å². The van der Waals surface area contributed by atoms with Gasteiger partial charge >= 0.3 is 5.97 Å². The fourth-order valence-electron chi connectivity index (χ4n) is 4.08. The van der Waals surface area contributed by atoms with Crippen LogP contribution in [0.1, 0.15) is 21.5 Å². The van der Waals surface area contributed by atoms with E-state index in [2.05, 4.69) is 0 Å². The third-order valence-electron chi connectivity index (χ3n) is 6.11. The number of aliphatic carboxylic acids is 1. The van der Waals surface area contributed by atoms with Crippen LogP contribution >= 0.6 is 0 Å². The molecule has 6 heteroatoms. The fraction of sp³-hybridized carbons (Fsp3) is 0.0588. The molecule has 0 bridgehead atoms. The van der Waals surface area contributed by atoms with Crippen molar-refractivity contribution in [2.75, 3.05) is 13.2 Å². The van der Waals surface area contributed by atoms with E-state index < -0.39 is 5.97 Å². The Labute approximate surface area is 231 Å². The van der Waals surface area contributed by atoms with Crippen molar-refractivity contribution in [2.24, 2.45) is 0 Å². The van der Waals surface area contributed by atoms with Crippen molar-refractivity contribution in [3.8, 4) is 17.2 Å². The minimum Gasteiger partial charge on any atom is -0.490 e. The quantitative estimate of drug-likeness (QED) is 0.0854. The highest BCUT2D eigenvalue weighted by Gasteiger charge is 2.12. The normalized spacial score (nSPS) is 11.2. The summed E-state index contributed by atoms with van der Waals surface area (Å²) >= 11 is 0. The first-order valence-corrected chi connectivity index (χ1v) is 12.7. The Hall–Kier alpha value is -5.36. The summed E-state index contributed by atoms with van der Waals surface area (Å²) in [5.41, 5.74) is 1.90. The maximum atomic E-state index is 12.5. The van der Waals surface area contributed by atoms with Crippen LogP contribution in [0.2, 0.25) is 0 Å². The number of benzene rings is 5. The predicted molar refractivity (Wildman–Crippen MR) is 154 cm³/mol. The van der Waals surface area contributed by atoms with E-state index in [0.717, 1.165) is 10.8 Å². The van der Waals surface area contributed by atoms with Crippen LogP contribution in [0.4, 0.5) is 0 Å². The highest BCUT2D eigenvalue weighted by Crippen LogP contribution is 2.23. The number of carboxylic acids is 1. The molecule has 0 heterocycles. The van der Waals surface area contributed by atoms with Crippen LogP contribution in [-0.4, -0.2) is 30.1 Å². The second kappa shape index (κ2) is 12.5. The van der Waals surface area contributed by atoms with E-state index in [4.69, 9.17) is 14.2 Å². The summed E-state index contributed by atoms with van der Waals surface area (Å²) in [5, 5.41) is 11.7. The molecule has 0 saturated heterocycles. The maximum Gasteiger partial charge on any atom is 0.371 e. The number of hydrogen-bond acceptors (Lipinski definition) is 5. The molecule has 0 radical (unpaired) electrons. The van der Waals surface area contributed by atoms with Gasteiger partial charge in [-0.05, 0) is 70.9 Å². The highest BCUT2D eigenvalue weighted by atomic mass is 16.5. The third-order valence-corrected chi connectivity index (χ3v) is 6.11. The number of carboxylic acid groups (broad SMARTS) is 1. The summed E-state index contributed by atoms with van der Waals surface area (Å²) in [4.78, 5) is 24.3. The zero-order valence-corrected chi connectivity index (χ0v) is 21.5. The molecule has 0 aliphatic rings. The van der Waals surface area contributed by atoms with Crippen molar-refractivity contribution in [1.82, 2.24) is 0 Å². The lowest BCUT2D eigenvalue weighted by Crippen LogP contribution is -2.09. The number of hydrogen-bond donors (Lipinski definition) is 1. The number of rotatable bonds is 11. The Morgan fingerprint density at radius 1 is 0.600 bits per heavy atom. The zero-order valence-electron chi connectivity index (χ0n) is 21.5. The molecule has 6 nitrogen and oxygen atoms in total. The van der Waals surface area contributed by atoms with Gasteiger partial charge in [0.05, 0.1) is 0 Å². The van der Waals surface area contributed by atoms with Crippen molar-refractivity contribution in [2.45, 2.75) is 0 Å². The van der Waals surface area contributed by atoms with E-state index in [9.17, 15) is 14.7 Å². The molecule has 5 rings (SSSR count). The molecular formula is C34H26O6. The maximum absolute atomic E-state index is 12.5. The van der Waals surface area contributed by atoms with Gasteiger partial charge in [0.2, 0.25) is 5.76 Å². The first-order valence-electron chi connectivity index (χ1n) is 12.7. The molecule has 0 atom stereocenters. The van der Waals surface area contributed by atoms with Crippen LogP contribution in [0, 0.1) is 0 Å². The van der Waals surface area contributed by atoms with Crippen molar-refractivity contribution >= 4 is 28.6 Å². The molecule has 5 aromatic carbocycles. The van der Waals surface area contributed by atoms with Gasteiger partial charge < -0.3 is 19.3 Å². The molecule has 198 valence electrons. The first-order chi connectivity index (χ1) is 19.5. The number of carbonyl (C=O) groups excluding carboxylic acids is 1. The second-order valence-electron chi connectivity index (χ2n) is 8.91. The molecule has 0 aromatic heterocycles. The van der Waals surface area contributed by atoms with Gasteiger partial charge in [0.25, 0.3) is 0 Å². The van der Waals surface area contributed by atoms with Crippen LogP contribution in [0.25, 0.3) is 16.8 Å². The van der Waals surface area contributed by atoms with Gasteiger partial charge in [-0.15, -0.1) is 0 Å². The van der Waals surface area contributed by atoms with Crippen LogP contribution in [0.5, 0.6) is 17.2 Å². The summed E-state index contributed by atoms with van der Waals surface area (Å²) in [6, 6.07) is 36.4. The van der Waals surface area contributed by atoms with Crippen molar-refractivity contribution < 1.29 is 28.9 Å². The fourth-order valence-corrected chi connectivity index (χ4v) is 4.08. The minimum atomic E-state index is -1.16. The monoisotopic (exact) mass is 530 g/mol. The largest absolute Gasteiger partial charge is 0.490 e. The van der Waals surface area contributed by atoms with E-state index in [1.807, 2.05) is 54.6 Å². The van der Waals surface area contributed by atoms with Crippen LogP contribution < -0.4 is 14.2 Å². The Morgan fingerprint density at radius 3 is 1.80 bits per heavy atom. The molecule has 0 unspecified atom stereocenters. The Morgan fingerprint density at radius 2 is 1.15 bits per heavy atom. The van der Waals surface area contributed by atoms with Gasteiger partial charge in [-0.1, -0.05) is 72.8 Å². The van der Waals surface area contributed by atoms with E-state index in [1.165, 1.54) is 6.08 Å². The Bertz CT molecular complexity index is 1640. The SMILES string of the molecule is O=C(O)C(=Cc1ccc(OCCOc2ccc(C(=O)c3ccccc3)cc2)cc1)Oc1ccc2ccccc2c1. The molecule has 0 amide bonds. The minimum absolute atomic E-state index is 0.0375. The molecule has 0 spiro atoms. The van der Waals surface area contributed by atoms with E-state index in [0.29, 0.717) is 47.2 Å². The molecule has 1 N–H and O–H groups in total. The summed E-state index contributed by atoms with van der Waals surface area (Å²) < 4.78 is 17.1. The van der Waals surface area contributed by atoms with Crippen LogP contribution in [-0.2, 0) is 4.79 Å². The highest BCUT2D eigenvalue weighted by molar-refractivity contribution is 6.09. The summed E-state index contributed by atoms with van der Waals surface area (Å²) in [6.07, 6.45) is 1.47. The van der Waals surface area contributed by atoms with E-state index in [-0.39, 0.29) is 11.5 Å². The van der Waals surface area contributed by atoms with Gasteiger partial charge in [-0.3, -0.25) is 4.79 Å². The molecule has 0 aliphatic carbocycles. The Kier molecular flexibility index (Phi) is 8.18. The smallest absolute Gasteiger partial charge is 0.371 e. The van der Waals surface area contributed by atoms with Gasteiger partial charge in [0, 0.05) is 11.1 Å². The lowest BCUT2D eigenvalue weighted by Gasteiger charge is -2.10. The number of ketones is 1. The summed E-state index contributed by atoms with van der Waals surface area (Å²) in [7, 11) is 0. The van der Waals surface area contributed by atoms with Crippen LogP contribution in [0.3, 0.4) is 0 Å². The van der Waals surface area contributed by atoms with Crippen molar-refractivity contribution in [3.05, 3.63) is 144 Å². The van der Waals surface area contributed by atoms with Crippen molar-refractivity contribution in [1.29, 1.82) is 0 Å². The van der Waals surface area contributed by atoms with Crippen molar-refractivity contribution in [3.63, 3.8) is 0 Å². The number of ether oxygens (including phenoxy) is 3. The molecular weight excluding hydrogens is 504 g/mol. The third kappa shape index (κ3) is 6.74. The van der Waals surface area contributed by atoms with Gasteiger partial charge in [-0.2, -0.15) is 0 Å². The first kappa shape index (κ1) is 26.3.